The monoisotopic (exact) mass is 396 g/mol. The Labute approximate surface area is 166 Å². The molecule has 0 spiro atoms. The topological polar surface area (TPSA) is 68.8 Å². The number of ether oxygens (including phenoxy) is 1. The minimum atomic E-state index is -0.599. The molecule has 3 aromatic rings. The fourth-order valence-corrected chi connectivity index (χ4v) is 3.41. The molecule has 29 heavy (non-hydrogen) atoms. The SMILES string of the molecule is C/C=C/Cn1cc(-c2ccc(C(=O)N3CCOCC3)c(F)c2)n2cncc2c1=O. The first-order valence-corrected chi connectivity index (χ1v) is 9.43. The Morgan fingerprint density at radius 2 is 2.10 bits per heavy atom. The van der Waals surface area contributed by atoms with E-state index in [2.05, 4.69) is 4.98 Å². The van der Waals surface area contributed by atoms with Crippen molar-refractivity contribution in [1.29, 1.82) is 0 Å². The number of amides is 1. The molecule has 0 saturated carbocycles. The van der Waals surface area contributed by atoms with Gasteiger partial charge in [0, 0.05) is 31.4 Å². The van der Waals surface area contributed by atoms with Gasteiger partial charge in [-0.25, -0.2) is 9.37 Å². The molecule has 0 bridgehead atoms. The number of fused-ring (bicyclic) bond motifs is 1. The van der Waals surface area contributed by atoms with Crippen LogP contribution in [0.2, 0.25) is 0 Å². The van der Waals surface area contributed by atoms with Crippen LogP contribution in [-0.2, 0) is 11.3 Å². The Bertz CT molecular complexity index is 1140. The molecule has 1 saturated heterocycles. The number of carbonyl (C=O) groups excluding carboxylic acids is 1. The molecule has 0 unspecified atom stereocenters. The van der Waals surface area contributed by atoms with Crippen LogP contribution in [0.5, 0.6) is 0 Å². The molecule has 8 heteroatoms. The number of allylic oxidation sites excluding steroid dienone is 2. The highest BCUT2D eigenvalue weighted by molar-refractivity contribution is 5.95. The minimum absolute atomic E-state index is 0.0276. The number of hydrogen-bond acceptors (Lipinski definition) is 4. The number of morpholine rings is 1. The van der Waals surface area contributed by atoms with E-state index < -0.39 is 5.82 Å². The lowest BCUT2D eigenvalue weighted by atomic mass is 10.1. The number of hydrogen-bond donors (Lipinski definition) is 0. The summed E-state index contributed by atoms with van der Waals surface area (Å²) in [4.78, 5) is 30.9. The van der Waals surface area contributed by atoms with Crippen molar-refractivity contribution in [3.8, 4) is 11.3 Å². The molecule has 7 nitrogen and oxygen atoms in total. The lowest BCUT2D eigenvalue weighted by Crippen LogP contribution is -2.41. The molecule has 150 valence electrons. The number of nitrogens with zero attached hydrogens (tertiary/aromatic N) is 4. The van der Waals surface area contributed by atoms with Crippen molar-refractivity contribution in [1.82, 2.24) is 18.9 Å². The van der Waals surface area contributed by atoms with Gasteiger partial charge in [0.25, 0.3) is 11.5 Å². The van der Waals surface area contributed by atoms with Crippen LogP contribution in [0.3, 0.4) is 0 Å². The third-order valence-electron chi connectivity index (χ3n) is 4.99. The van der Waals surface area contributed by atoms with Gasteiger partial charge >= 0.3 is 0 Å². The smallest absolute Gasteiger partial charge is 0.276 e. The summed E-state index contributed by atoms with van der Waals surface area (Å²) in [6.07, 6.45) is 8.41. The minimum Gasteiger partial charge on any atom is -0.378 e. The van der Waals surface area contributed by atoms with Gasteiger partial charge in [0.2, 0.25) is 0 Å². The Morgan fingerprint density at radius 1 is 1.31 bits per heavy atom. The molecule has 1 aromatic carbocycles. The van der Waals surface area contributed by atoms with Crippen molar-refractivity contribution in [2.24, 2.45) is 0 Å². The molecule has 0 radical (unpaired) electrons. The second kappa shape index (κ2) is 8.00. The predicted molar refractivity (Wildman–Crippen MR) is 106 cm³/mol. The maximum Gasteiger partial charge on any atom is 0.276 e. The largest absolute Gasteiger partial charge is 0.378 e. The Morgan fingerprint density at radius 3 is 2.83 bits per heavy atom. The molecule has 4 rings (SSSR count). The molecule has 3 heterocycles. The highest BCUT2D eigenvalue weighted by atomic mass is 19.1. The van der Waals surface area contributed by atoms with Gasteiger partial charge in [-0.1, -0.05) is 18.2 Å². The predicted octanol–water partition coefficient (Wildman–Crippen LogP) is 2.35. The van der Waals surface area contributed by atoms with Crippen LogP contribution < -0.4 is 5.56 Å². The molecule has 1 aliphatic rings. The average molecular weight is 396 g/mol. The number of halogens is 1. The normalized spacial score (nSPS) is 14.8. The van der Waals surface area contributed by atoms with Crippen molar-refractivity contribution in [3.63, 3.8) is 0 Å². The van der Waals surface area contributed by atoms with Crippen molar-refractivity contribution < 1.29 is 13.9 Å². The van der Waals surface area contributed by atoms with E-state index in [1.165, 1.54) is 24.7 Å². The second-order valence-electron chi connectivity index (χ2n) is 6.79. The molecule has 1 fully saturated rings. The van der Waals surface area contributed by atoms with E-state index in [9.17, 15) is 14.0 Å². The first-order chi connectivity index (χ1) is 14.1. The van der Waals surface area contributed by atoms with Crippen molar-refractivity contribution in [2.75, 3.05) is 26.3 Å². The van der Waals surface area contributed by atoms with E-state index in [0.717, 1.165) is 0 Å². The summed E-state index contributed by atoms with van der Waals surface area (Å²) in [6.45, 7) is 4.09. The fourth-order valence-electron chi connectivity index (χ4n) is 3.41. The van der Waals surface area contributed by atoms with Crippen molar-refractivity contribution >= 4 is 11.4 Å². The van der Waals surface area contributed by atoms with E-state index in [1.807, 2.05) is 19.1 Å². The van der Waals surface area contributed by atoms with Crippen molar-refractivity contribution in [2.45, 2.75) is 13.5 Å². The molecular formula is C21H21FN4O3. The highest BCUT2D eigenvalue weighted by Crippen LogP contribution is 2.23. The fraction of sp³-hybridized carbons (Fsp3) is 0.286. The lowest BCUT2D eigenvalue weighted by Gasteiger charge is -2.27. The lowest BCUT2D eigenvalue weighted by molar-refractivity contribution is 0.0300. The standard InChI is InChI=1S/C21H21FN4O3/c1-2-3-6-25-13-19(26-14-23-12-18(26)21(25)28)15-4-5-16(17(22)11-15)20(27)24-7-9-29-10-8-24/h2-5,11-14H,6-10H2,1H3/b3-2+. The van der Waals surface area contributed by atoms with Crippen LogP contribution >= 0.6 is 0 Å². The molecule has 0 N–H and O–H groups in total. The Hall–Kier alpha value is -3.26. The van der Waals surface area contributed by atoms with E-state index in [4.69, 9.17) is 4.74 Å². The second-order valence-corrected chi connectivity index (χ2v) is 6.79. The Balaban J connectivity index is 1.75. The van der Waals surface area contributed by atoms with E-state index in [-0.39, 0.29) is 17.0 Å². The molecule has 1 amide bonds. The van der Waals surface area contributed by atoms with E-state index in [1.54, 1.807) is 26.1 Å². The van der Waals surface area contributed by atoms with Gasteiger partial charge in [0.1, 0.15) is 11.3 Å². The number of benzene rings is 1. The molecule has 1 aliphatic heterocycles. The highest BCUT2D eigenvalue weighted by Gasteiger charge is 2.22. The summed E-state index contributed by atoms with van der Waals surface area (Å²) in [5, 5.41) is 0. The van der Waals surface area contributed by atoms with E-state index >= 15 is 0 Å². The van der Waals surface area contributed by atoms with Crippen LogP contribution in [0, 0.1) is 5.82 Å². The maximum atomic E-state index is 14.9. The zero-order valence-electron chi connectivity index (χ0n) is 16.0. The van der Waals surface area contributed by atoms with Crippen LogP contribution in [0.25, 0.3) is 16.8 Å². The quantitative estimate of drug-likeness (QED) is 0.635. The van der Waals surface area contributed by atoms with Crippen LogP contribution in [-0.4, -0.2) is 51.1 Å². The van der Waals surface area contributed by atoms with Crippen LogP contribution in [0.15, 0.2) is 53.9 Å². The number of rotatable bonds is 4. The van der Waals surface area contributed by atoms with Gasteiger partial charge in [-0.3, -0.25) is 14.0 Å². The summed E-state index contributed by atoms with van der Waals surface area (Å²) < 4.78 is 23.3. The summed E-state index contributed by atoms with van der Waals surface area (Å²) in [6, 6.07) is 4.51. The Kier molecular flexibility index (Phi) is 5.26. The first-order valence-electron chi connectivity index (χ1n) is 9.43. The summed E-state index contributed by atoms with van der Waals surface area (Å²) in [5.41, 5.74) is 1.42. The third kappa shape index (κ3) is 3.58. The van der Waals surface area contributed by atoms with E-state index in [0.29, 0.717) is 49.6 Å². The van der Waals surface area contributed by atoms with Gasteiger partial charge in [-0.2, -0.15) is 0 Å². The van der Waals surface area contributed by atoms with Gasteiger partial charge in [-0.05, 0) is 19.1 Å². The molecule has 0 atom stereocenters. The van der Waals surface area contributed by atoms with Gasteiger partial charge in [-0.15, -0.1) is 0 Å². The summed E-state index contributed by atoms with van der Waals surface area (Å²) in [5.74, 6) is -0.943. The number of aromatic nitrogens is 3. The van der Waals surface area contributed by atoms with Crippen LogP contribution in [0.4, 0.5) is 4.39 Å². The maximum absolute atomic E-state index is 14.9. The van der Waals surface area contributed by atoms with Crippen LogP contribution in [0.1, 0.15) is 17.3 Å². The van der Waals surface area contributed by atoms with Gasteiger partial charge < -0.3 is 14.2 Å². The number of carbonyl (C=O) groups is 1. The zero-order valence-corrected chi connectivity index (χ0v) is 16.0. The first kappa shape index (κ1) is 19.1. The molecule has 2 aromatic heterocycles. The third-order valence-corrected chi connectivity index (χ3v) is 4.99. The van der Waals surface area contributed by atoms with Gasteiger partial charge in [0.15, 0.2) is 0 Å². The average Bonchev–Trinajstić information content (AvgIpc) is 3.24. The zero-order chi connectivity index (χ0) is 20.4. The summed E-state index contributed by atoms with van der Waals surface area (Å²) >= 11 is 0. The molecule has 0 aliphatic carbocycles. The summed E-state index contributed by atoms with van der Waals surface area (Å²) in [7, 11) is 0. The van der Waals surface area contributed by atoms with Crippen molar-refractivity contribution in [3.05, 3.63) is 70.8 Å². The number of imidazole rings is 1. The van der Waals surface area contributed by atoms with Gasteiger partial charge in [0.05, 0.1) is 37.0 Å². The molecular weight excluding hydrogens is 375 g/mol.